The predicted octanol–water partition coefficient (Wildman–Crippen LogP) is 1.29. The highest BCUT2D eigenvalue weighted by Crippen LogP contribution is 2.28. The molecule has 1 N–H and O–H groups in total. The van der Waals surface area contributed by atoms with Crippen LogP contribution in [0.5, 0.6) is 0 Å². The van der Waals surface area contributed by atoms with E-state index in [-0.39, 0.29) is 0 Å². The number of carbonyl (C=O) groups is 1. The quantitative estimate of drug-likeness (QED) is 0.901. The van der Waals surface area contributed by atoms with Gasteiger partial charge >= 0.3 is 0 Å². The summed E-state index contributed by atoms with van der Waals surface area (Å²) in [5.41, 5.74) is 0. The van der Waals surface area contributed by atoms with Crippen LogP contribution < -0.4 is 0 Å². The Hall–Kier alpha value is -1.36. The maximum Gasteiger partial charge on any atom is 0.225 e. The van der Waals surface area contributed by atoms with E-state index in [1.54, 1.807) is 6.20 Å². The van der Waals surface area contributed by atoms with Gasteiger partial charge in [-0.2, -0.15) is 0 Å². The first-order chi connectivity index (χ1) is 9.83. The molecule has 2 aliphatic rings. The fourth-order valence-corrected chi connectivity index (χ4v) is 3.03. The number of hydrogen-bond donors (Lipinski definition) is 1. The van der Waals surface area contributed by atoms with Crippen molar-refractivity contribution in [2.24, 2.45) is 5.92 Å². The van der Waals surface area contributed by atoms with Gasteiger partial charge in [0.15, 0.2) is 0 Å². The number of aromatic amines is 1. The zero-order chi connectivity index (χ0) is 13.8. The number of imidazole rings is 1. The Bertz CT molecular complexity index is 427. The Morgan fingerprint density at radius 1 is 1.25 bits per heavy atom. The SMILES string of the molecule is O=C(C1CCC1)N1CCCN(CCc2ncc[nH]2)CC1. The molecule has 0 spiro atoms. The number of nitrogens with zero attached hydrogens (tertiary/aromatic N) is 3. The molecule has 1 amide bonds. The van der Waals surface area contributed by atoms with E-state index < -0.39 is 0 Å². The lowest BCUT2D eigenvalue weighted by molar-refractivity contribution is -0.138. The van der Waals surface area contributed by atoms with E-state index in [0.29, 0.717) is 11.8 Å². The van der Waals surface area contributed by atoms with Crippen molar-refractivity contribution in [3.8, 4) is 0 Å². The number of rotatable bonds is 4. The number of amides is 1. The van der Waals surface area contributed by atoms with Gasteiger partial charge in [-0.05, 0) is 25.8 Å². The Kier molecular flexibility index (Phi) is 4.35. The fraction of sp³-hybridized carbons (Fsp3) is 0.733. The minimum absolute atomic E-state index is 0.338. The van der Waals surface area contributed by atoms with Crippen molar-refractivity contribution in [3.05, 3.63) is 18.2 Å². The molecule has 2 heterocycles. The topological polar surface area (TPSA) is 52.2 Å². The molecule has 1 saturated heterocycles. The molecule has 5 heteroatoms. The van der Waals surface area contributed by atoms with Crippen molar-refractivity contribution >= 4 is 5.91 Å². The highest BCUT2D eigenvalue weighted by atomic mass is 16.2. The molecule has 1 aromatic heterocycles. The van der Waals surface area contributed by atoms with E-state index in [1.165, 1.54) is 6.42 Å². The molecule has 2 fully saturated rings. The zero-order valence-corrected chi connectivity index (χ0v) is 12.1. The van der Waals surface area contributed by atoms with Gasteiger partial charge in [0, 0.05) is 50.9 Å². The van der Waals surface area contributed by atoms with Gasteiger partial charge < -0.3 is 14.8 Å². The van der Waals surface area contributed by atoms with E-state index in [4.69, 9.17) is 0 Å². The van der Waals surface area contributed by atoms with Crippen molar-refractivity contribution < 1.29 is 4.79 Å². The lowest BCUT2D eigenvalue weighted by Crippen LogP contribution is -2.41. The third-order valence-electron chi connectivity index (χ3n) is 4.57. The van der Waals surface area contributed by atoms with E-state index in [2.05, 4.69) is 19.8 Å². The lowest BCUT2D eigenvalue weighted by Gasteiger charge is -2.31. The predicted molar refractivity (Wildman–Crippen MR) is 77.3 cm³/mol. The number of nitrogens with one attached hydrogen (secondary N) is 1. The summed E-state index contributed by atoms with van der Waals surface area (Å²) in [7, 11) is 0. The molecule has 1 aliphatic carbocycles. The molecule has 0 radical (unpaired) electrons. The molecule has 0 bridgehead atoms. The Morgan fingerprint density at radius 3 is 2.85 bits per heavy atom. The zero-order valence-electron chi connectivity index (χ0n) is 12.1. The van der Waals surface area contributed by atoms with Crippen molar-refractivity contribution in [2.75, 3.05) is 32.7 Å². The van der Waals surface area contributed by atoms with Crippen LogP contribution in [0, 0.1) is 5.92 Å². The van der Waals surface area contributed by atoms with Crippen molar-refractivity contribution in [1.29, 1.82) is 0 Å². The largest absolute Gasteiger partial charge is 0.349 e. The van der Waals surface area contributed by atoms with E-state index in [9.17, 15) is 4.79 Å². The summed E-state index contributed by atoms with van der Waals surface area (Å²) >= 11 is 0. The molecule has 110 valence electrons. The summed E-state index contributed by atoms with van der Waals surface area (Å²) in [6, 6.07) is 0. The maximum atomic E-state index is 12.3. The molecule has 1 aromatic rings. The third kappa shape index (κ3) is 3.20. The van der Waals surface area contributed by atoms with Crippen LogP contribution in [0.15, 0.2) is 12.4 Å². The molecule has 20 heavy (non-hydrogen) atoms. The van der Waals surface area contributed by atoms with Crippen LogP contribution in [0.4, 0.5) is 0 Å². The summed E-state index contributed by atoms with van der Waals surface area (Å²) in [6.45, 7) is 4.95. The molecule has 1 aliphatic heterocycles. The highest BCUT2D eigenvalue weighted by Gasteiger charge is 2.30. The first-order valence-electron chi connectivity index (χ1n) is 7.82. The van der Waals surface area contributed by atoms with Crippen LogP contribution in [0.1, 0.15) is 31.5 Å². The van der Waals surface area contributed by atoms with Crippen molar-refractivity contribution in [1.82, 2.24) is 19.8 Å². The second kappa shape index (κ2) is 6.39. The minimum Gasteiger partial charge on any atom is -0.349 e. The van der Waals surface area contributed by atoms with Gasteiger partial charge in [-0.25, -0.2) is 4.98 Å². The van der Waals surface area contributed by atoms with Gasteiger partial charge in [0.2, 0.25) is 5.91 Å². The Morgan fingerprint density at radius 2 is 2.15 bits per heavy atom. The summed E-state index contributed by atoms with van der Waals surface area (Å²) in [6.07, 6.45) is 9.18. The number of H-pyrrole nitrogens is 1. The molecule has 0 unspecified atom stereocenters. The maximum absolute atomic E-state index is 12.3. The van der Waals surface area contributed by atoms with Gasteiger partial charge in [-0.15, -0.1) is 0 Å². The minimum atomic E-state index is 0.338. The molecule has 0 aromatic carbocycles. The van der Waals surface area contributed by atoms with Gasteiger partial charge in [0.05, 0.1) is 0 Å². The van der Waals surface area contributed by atoms with Crippen molar-refractivity contribution in [2.45, 2.75) is 32.1 Å². The first-order valence-corrected chi connectivity index (χ1v) is 7.82. The van der Waals surface area contributed by atoms with E-state index in [0.717, 1.165) is 64.2 Å². The number of carbonyl (C=O) groups excluding carboxylic acids is 1. The number of hydrogen-bond acceptors (Lipinski definition) is 3. The van der Waals surface area contributed by atoms with Crippen LogP contribution in [-0.4, -0.2) is 58.4 Å². The van der Waals surface area contributed by atoms with Crippen LogP contribution >= 0.6 is 0 Å². The highest BCUT2D eigenvalue weighted by molar-refractivity contribution is 5.79. The van der Waals surface area contributed by atoms with E-state index in [1.807, 2.05) is 6.20 Å². The lowest BCUT2D eigenvalue weighted by atomic mass is 9.84. The fourth-order valence-electron chi connectivity index (χ4n) is 3.03. The van der Waals surface area contributed by atoms with Crippen LogP contribution in [0.3, 0.4) is 0 Å². The van der Waals surface area contributed by atoms with Gasteiger partial charge in [0.1, 0.15) is 5.82 Å². The molecular formula is C15H24N4O. The molecular weight excluding hydrogens is 252 g/mol. The first kappa shape index (κ1) is 13.6. The summed E-state index contributed by atoms with van der Waals surface area (Å²) in [5, 5.41) is 0. The summed E-state index contributed by atoms with van der Waals surface area (Å²) < 4.78 is 0. The van der Waals surface area contributed by atoms with Crippen LogP contribution in [0.25, 0.3) is 0 Å². The van der Waals surface area contributed by atoms with Gasteiger partial charge in [-0.1, -0.05) is 6.42 Å². The average Bonchev–Trinajstić information content (AvgIpc) is 2.79. The molecule has 3 rings (SSSR count). The third-order valence-corrected chi connectivity index (χ3v) is 4.57. The standard InChI is InChI=1S/C15H24N4O/c20-15(13-3-1-4-13)19-9-2-8-18(11-12-19)10-5-14-16-6-7-17-14/h6-7,13H,1-5,8-12H2,(H,16,17). The molecule has 5 nitrogen and oxygen atoms in total. The van der Waals surface area contributed by atoms with Gasteiger partial charge in [0.25, 0.3) is 0 Å². The second-order valence-electron chi connectivity index (χ2n) is 5.93. The summed E-state index contributed by atoms with van der Waals surface area (Å²) in [5.74, 6) is 1.80. The average molecular weight is 276 g/mol. The van der Waals surface area contributed by atoms with Crippen LogP contribution in [0.2, 0.25) is 0 Å². The Balaban J connectivity index is 1.45. The molecule has 0 atom stereocenters. The van der Waals surface area contributed by atoms with Crippen LogP contribution in [-0.2, 0) is 11.2 Å². The van der Waals surface area contributed by atoms with Gasteiger partial charge in [-0.3, -0.25) is 4.79 Å². The number of aromatic nitrogens is 2. The summed E-state index contributed by atoms with van der Waals surface area (Å²) in [4.78, 5) is 24.2. The molecule has 1 saturated carbocycles. The smallest absolute Gasteiger partial charge is 0.225 e. The normalized spacial score (nSPS) is 21.5. The van der Waals surface area contributed by atoms with E-state index >= 15 is 0 Å². The Labute approximate surface area is 120 Å². The van der Waals surface area contributed by atoms with Crippen molar-refractivity contribution in [3.63, 3.8) is 0 Å². The monoisotopic (exact) mass is 276 g/mol. The second-order valence-corrected chi connectivity index (χ2v) is 5.93.